The first-order chi connectivity index (χ1) is 23.4. The van der Waals surface area contributed by atoms with Crippen LogP contribution in [0.4, 0.5) is 27.6 Å². The quantitative estimate of drug-likeness (QED) is 0.232. The molecule has 0 saturated carbocycles. The predicted molar refractivity (Wildman–Crippen MR) is 166 cm³/mol. The molecule has 4 aromatic rings. The highest BCUT2D eigenvalue weighted by Gasteiger charge is 2.39. The number of nitrogens with zero attached hydrogens (tertiary/aromatic N) is 7. The lowest BCUT2D eigenvalue weighted by molar-refractivity contribution is -0.169. The fourth-order valence-electron chi connectivity index (χ4n) is 6.86. The van der Waals surface area contributed by atoms with Crippen molar-refractivity contribution < 1.29 is 36.2 Å². The first-order valence-electron chi connectivity index (χ1n) is 16.0. The Morgan fingerprint density at radius 3 is 2.61 bits per heavy atom. The number of amides is 1. The molecule has 2 saturated heterocycles. The van der Waals surface area contributed by atoms with Crippen molar-refractivity contribution in [2.75, 3.05) is 37.8 Å². The van der Waals surface area contributed by atoms with E-state index >= 15 is 0 Å². The van der Waals surface area contributed by atoms with E-state index in [0.29, 0.717) is 47.5 Å². The van der Waals surface area contributed by atoms with Gasteiger partial charge in [0.25, 0.3) is 5.91 Å². The van der Waals surface area contributed by atoms with E-state index in [1.807, 2.05) is 0 Å². The summed E-state index contributed by atoms with van der Waals surface area (Å²) >= 11 is 0. The van der Waals surface area contributed by atoms with E-state index in [4.69, 9.17) is 19.6 Å². The highest BCUT2D eigenvalue weighted by atomic mass is 19.4. The number of alkyl halides is 3. The van der Waals surface area contributed by atoms with Crippen molar-refractivity contribution in [2.45, 2.75) is 51.5 Å². The number of nitriles is 1. The fraction of sp³-hybridized carbons (Fsp3) is 0.441. The van der Waals surface area contributed by atoms with Crippen molar-refractivity contribution in [2.24, 2.45) is 11.8 Å². The van der Waals surface area contributed by atoms with Gasteiger partial charge in [-0.2, -0.15) is 23.5 Å². The Hall–Kier alpha value is -4.68. The Morgan fingerprint density at radius 2 is 1.94 bits per heavy atom. The molecule has 2 fully saturated rings. The molecule has 1 amide bonds. The van der Waals surface area contributed by atoms with Gasteiger partial charge >= 0.3 is 6.18 Å². The van der Waals surface area contributed by atoms with E-state index in [1.165, 1.54) is 4.90 Å². The van der Waals surface area contributed by atoms with Crippen LogP contribution in [0.15, 0.2) is 36.7 Å². The Morgan fingerprint density at radius 1 is 1.14 bits per heavy atom. The van der Waals surface area contributed by atoms with Gasteiger partial charge in [-0.15, -0.1) is 0 Å². The molecule has 0 spiro atoms. The number of carbonyl (C=O) groups is 1. The number of rotatable bonds is 7. The highest BCUT2D eigenvalue weighted by molar-refractivity contribution is 6.00. The maximum atomic E-state index is 14.5. The van der Waals surface area contributed by atoms with Crippen LogP contribution in [0.25, 0.3) is 22.2 Å². The van der Waals surface area contributed by atoms with Gasteiger partial charge in [0, 0.05) is 36.5 Å². The molecule has 7 rings (SSSR count). The van der Waals surface area contributed by atoms with E-state index in [0.717, 1.165) is 32.6 Å². The minimum absolute atomic E-state index is 0.00147. The molecule has 3 atom stereocenters. The number of hydrogen-bond acceptors (Lipinski definition) is 8. The molecule has 10 nitrogen and oxygen atoms in total. The van der Waals surface area contributed by atoms with Crippen LogP contribution in [0.1, 0.15) is 43.3 Å². The SMILES string of the molecule is CC(Cc1nc2c(cnn2[C@@H]2CCN(C3COC3)C[C@H]2C)c(-c2ccc3c(c2)OCC(=O)N3Cc2ncc(F)cc2F)c1C#N)C(F)(F)F. The molecule has 256 valence electrons. The first-order valence-corrected chi connectivity index (χ1v) is 16.0. The molecule has 0 bridgehead atoms. The van der Waals surface area contributed by atoms with Crippen molar-refractivity contribution >= 4 is 22.6 Å². The van der Waals surface area contributed by atoms with E-state index in [2.05, 4.69) is 22.9 Å². The van der Waals surface area contributed by atoms with Crippen LogP contribution in [-0.4, -0.2) is 75.7 Å². The summed E-state index contributed by atoms with van der Waals surface area (Å²) in [5.74, 6) is -3.64. The zero-order valence-corrected chi connectivity index (χ0v) is 26.7. The number of aromatic nitrogens is 4. The number of likely N-dealkylation sites (tertiary alicyclic amines) is 1. The van der Waals surface area contributed by atoms with Crippen molar-refractivity contribution in [3.05, 3.63) is 65.2 Å². The number of carbonyl (C=O) groups excluding carboxylic acids is 1. The molecule has 0 aliphatic carbocycles. The van der Waals surface area contributed by atoms with Crippen LogP contribution in [-0.2, 0) is 22.5 Å². The molecule has 1 unspecified atom stereocenters. The number of fused-ring (bicyclic) bond motifs is 2. The molecule has 1 aromatic carbocycles. The van der Waals surface area contributed by atoms with Crippen molar-refractivity contribution in [3.8, 4) is 22.9 Å². The van der Waals surface area contributed by atoms with Crippen LogP contribution in [0.2, 0.25) is 0 Å². The molecular formula is C34H32F5N7O3. The number of hydrogen-bond donors (Lipinski definition) is 0. The molecule has 6 heterocycles. The third-order valence-corrected chi connectivity index (χ3v) is 9.71. The number of anilines is 1. The Labute approximate surface area is 278 Å². The van der Waals surface area contributed by atoms with Crippen LogP contribution in [0.5, 0.6) is 5.75 Å². The summed E-state index contributed by atoms with van der Waals surface area (Å²) < 4.78 is 82.3. The summed E-state index contributed by atoms with van der Waals surface area (Å²) in [5.41, 5.74) is 1.29. The fourth-order valence-corrected chi connectivity index (χ4v) is 6.86. The number of ether oxygens (including phenoxy) is 2. The lowest BCUT2D eigenvalue weighted by atomic mass is 9.91. The second-order valence-electron chi connectivity index (χ2n) is 12.9. The van der Waals surface area contributed by atoms with Gasteiger partial charge in [0.2, 0.25) is 0 Å². The zero-order valence-electron chi connectivity index (χ0n) is 26.7. The molecular weight excluding hydrogens is 649 g/mol. The molecule has 3 aliphatic rings. The minimum atomic E-state index is -4.51. The smallest absolute Gasteiger partial charge is 0.391 e. The summed E-state index contributed by atoms with van der Waals surface area (Å²) in [6.45, 7) is 5.50. The predicted octanol–water partition coefficient (Wildman–Crippen LogP) is 5.59. The lowest BCUT2D eigenvalue weighted by Crippen LogP contribution is -2.54. The minimum Gasteiger partial charge on any atom is -0.482 e. The average Bonchev–Trinajstić information content (AvgIpc) is 3.44. The van der Waals surface area contributed by atoms with Gasteiger partial charge < -0.3 is 9.47 Å². The Kier molecular flexibility index (Phi) is 8.48. The number of piperidine rings is 1. The second-order valence-corrected chi connectivity index (χ2v) is 12.9. The van der Waals surface area contributed by atoms with Crippen molar-refractivity contribution in [1.29, 1.82) is 5.26 Å². The van der Waals surface area contributed by atoms with Crippen molar-refractivity contribution in [1.82, 2.24) is 24.6 Å². The van der Waals surface area contributed by atoms with Crippen molar-refractivity contribution in [3.63, 3.8) is 0 Å². The second kappa shape index (κ2) is 12.6. The van der Waals surface area contributed by atoms with Gasteiger partial charge in [0.15, 0.2) is 12.3 Å². The van der Waals surface area contributed by atoms with E-state index in [-0.39, 0.29) is 53.5 Å². The summed E-state index contributed by atoms with van der Waals surface area (Å²) in [6, 6.07) is 7.85. The summed E-state index contributed by atoms with van der Waals surface area (Å²) in [5, 5.41) is 15.6. The van der Waals surface area contributed by atoms with Gasteiger partial charge in [0.1, 0.15) is 23.5 Å². The molecule has 3 aliphatic heterocycles. The van der Waals surface area contributed by atoms with Gasteiger partial charge in [0.05, 0.1) is 72.8 Å². The van der Waals surface area contributed by atoms with Gasteiger partial charge in [-0.05, 0) is 30.0 Å². The summed E-state index contributed by atoms with van der Waals surface area (Å²) in [4.78, 5) is 25.0. The van der Waals surface area contributed by atoms with E-state index in [9.17, 15) is 32.0 Å². The van der Waals surface area contributed by atoms with Gasteiger partial charge in [-0.25, -0.2) is 18.4 Å². The normalized spacial score (nSPS) is 20.9. The monoisotopic (exact) mass is 681 g/mol. The van der Waals surface area contributed by atoms with E-state index < -0.39 is 36.1 Å². The zero-order chi connectivity index (χ0) is 34.6. The maximum absolute atomic E-state index is 14.5. The highest BCUT2D eigenvalue weighted by Crippen LogP contribution is 2.42. The van der Waals surface area contributed by atoms with Gasteiger partial charge in [-0.1, -0.05) is 19.9 Å². The number of benzene rings is 1. The molecule has 0 radical (unpaired) electrons. The summed E-state index contributed by atoms with van der Waals surface area (Å²) in [6.07, 6.45) is -1.83. The topological polar surface area (TPSA) is 109 Å². The molecule has 15 heteroatoms. The van der Waals surface area contributed by atoms with Crippen LogP contribution >= 0.6 is 0 Å². The number of halogens is 5. The standard InChI is InChI=1S/C34H32F5N7O3/c1-18-13-44(22-15-48-16-22)6-5-28(18)46-33-24(12-42-46)32(23(10-40)26(43-33)7-19(2)34(37,38)39)20-3-4-29-30(8-20)49-17-31(47)45(29)14-27-25(36)9-21(35)11-41-27/h3-4,8-9,11-12,18-19,22,28H,5-7,13-17H2,1-2H3/t18-,19?,28-/m1/s1. The third kappa shape index (κ3) is 6.08. The van der Waals surface area contributed by atoms with Gasteiger partial charge in [-0.3, -0.25) is 19.6 Å². The Bertz CT molecular complexity index is 1970. The van der Waals surface area contributed by atoms with Crippen LogP contribution < -0.4 is 9.64 Å². The summed E-state index contributed by atoms with van der Waals surface area (Å²) in [7, 11) is 0. The maximum Gasteiger partial charge on any atom is 0.391 e. The molecule has 0 N–H and O–H groups in total. The largest absolute Gasteiger partial charge is 0.482 e. The first kappa shape index (κ1) is 32.8. The van der Waals surface area contributed by atoms with Crippen LogP contribution in [0, 0.1) is 34.8 Å². The number of pyridine rings is 2. The molecule has 49 heavy (non-hydrogen) atoms. The lowest BCUT2D eigenvalue weighted by Gasteiger charge is -2.44. The average molecular weight is 682 g/mol. The van der Waals surface area contributed by atoms with Crippen LogP contribution in [0.3, 0.4) is 0 Å². The Balaban J connectivity index is 1.31. The molecule has 3 aromatic heterocycles. The third-order valence-electron chi connectivity index (χ3n) is 9.71. The van der Waals surface area contributed by atoms with E-state index in [1.54, 1.807) is 29.1 Å².